The van der Waals surface area contributed by atoms with Crippen molar-refractivity contribution in [2.45, 2.75) is 52.2 Å². The van der Waals surface area contributed by atoms with E-state index in [0.717, 1.165) is 25.6 Å². The maximum Gasteiger partial charge on any atom is 0.107 e. The minimum atomic E-state index is 0.646. The van der Waals surface area contributed by atoms with Crippen LogP contribution in [0, 0.1) is 5.92 Å². The van der Waals surface area contributed by atoms with E-state index in [-0.39, 0.29) is 0 Å². The van der Waals surface area contributed by atoms with E-state index in [1.54, 1.807) is 11.3 Å². The van der Waals surface area contributed by atoms with Crippen LogP contribution in [0.1, 0.15) is 38.6 Å². The quantitative estimate of drug-likeness (QED) is 0.889. The van der Waals surface area contributed by atoms with Crippen LogP contribution in [0.15, 0.2) is 11.6 Å². The highest BCUT2D eigenvalue weighted by Crippen LogP contribution is 2.18. The summed E-state index contributed by atoms with van der Waals surface area (Å²) < 4.78 is 0. The lowest BCUT2D eigenvalue weighted by Gasteiger charge is -2.40. The first-order chi connectivity index (χ1) is 8.69. The SMILES string of the molecule is CCC1CNC(CC(C)C)CN1Cc1nccs1. The number of nitrogens with one attached hydrogen (secondary N) is 1. The second-order valence-electron chi connectivity index (χ2n) is 5.65. The molecule has 1 aliphatic rings. The number of aromatic nitrogens is 1. The van der Waals surface area contributed by atoms with Crippen LogP contribution in [0.4, 0.5) is 0 Å². The molecular weight excluding hydrogens is 242 g/mol. The Labute approximate surface area is 115 Å². The van der Waals surface area contributed by atoms with E-state index in [0.29, 0.717) is 12.1 Å². The average molecular weight is 267 g/mol. The fourth-order valence-corrected chi connectivity index (χ4v) is 3.40. The Kier molecular flexibility index (Phi) is 5.15. The molecule has 1 aromatic rings. The third-order valence-corrected chi connectivity index (χ3v) is 4.43. The molecule has 4 heteroatoms. The van der Waals surface area contributed by atoms with Crippen molar-refractivity contribution in [2.75, 3.05) is 13.1 Å². The van der Waals surface area contributed by atoms with E-state index in [4.69, 9.17) is 0 Å². The molecule has 1 fully saturated rings. The average Bonchev–Trinajstić information content (AvgIpc) is 2.81. The van der Waals surface area contributed by atoms with Gasteiger partial charge in [-0.3, -0.25) is 4.90 Å². The van der Waals surface area contributed by atoms with Gasteiger partial charge in [-0.15, -0.1) is 11.3 Å². The highest BCUT2D eigenvalue weighted by molar-refractivity contribution is 7.09. The number of thiazole rings is 1. The van der Waals surface area contributed by atoms with Crippen LogP contribution in [0.5, 0.6) is 0 Å². The van der Waals surface area contributed by atoms with E-state index in [2.05, 4.69) is 41.4 Å². The molecule has 3 nitrogen and oxygen atoms in total. The van der Waals surface area contributed by atoms with Gasteiger partial charge in [0.25, 0.3) is 0 Å². The van der Waals surface area contributed by atoms with Crippen molar-refractivity contribution in [3.8, 4) is 0 Å². The molecule has 0 amide bonds. The highest BCUT2D eigenvalue weighted by atomic mass is 32.1. The van der Waals surface area contributed by atoms with Gasteiger partial charge in [0.15, 0.2) is 0 Å². The van der Waals surface area contributed by atoms with E-state index in [1.807, 2.05) is 6.20 Å². The monoisotopic (exact) mass is 267 g/mol. The van der Waals surface area contributed by atoms with Gasteiger partial charge in [0.1, 0.15) is 5.01 Å². The van der Waals surface area contributed by atoms with Crippen LogP contribution >= 0.6 is 11.3 Å². The van der Waals surface area contributed by atoms with E-state index >= 15 is 0 Å². The van der Waals surface area contributed by atoms with E-state index < -0.39 is 0 Å². The standard InChI is InChI=1S/C14H25N3S/c1-4-13-8-16-12(7-11(2)3)9-17(13)10-14-15-5-6-18-14/h5-6,11-13,16H,4,7-10H2,1-3H3. The van der Waals surface area contributed by atoms with Gasteiger partial charge in [-0.2, -0.15) is 0 Å². The first-order valence-corrected chi connectivity index (χ1v) is 7.92. The molecule has 102 valence electrons. The number of piperazine rings is 1. The lowest BCUT2D eigenvalue weighted by molar-refractivity contribution is 0.111. The van der Waals surface area contributed by atoms with E-state index in [9.17, 15) is 0 Å². The van der Waals surface area contributed by atoms with Crippen LogP contribution in [0.25, 0.3) is 0 Å². The molecule has 0 aromatic carbocycles. The molecule has 0 spiro atoms. The molecule has 0 bridgehead atoms. The van der Waals surface area contributed by atoms with Crippen LogP contribution in [0.2, 0.25) is 0 Å². The van der Waals surface area contributed by atoms with Crippen molar-refractivity contribution < 1.29 is 0 Å². The zero-order valence-corrected chi connectivity index (χ0v) is 12.5. The summed E-state index contributed by atoms with van der Waals surface area (Å²) in [6.45, 7) is 10.2. The molecule has 0 aliphatic carbocycles. The summed E-state index contributed by atoms with van der Waals surface area (Å²) >= 11 is 1.77. The van der Waals surface area contributed by atoms with Crippen LogP contribution < -0.4 is 5.32 Å². The minimum Gasteiger partial charge on any atom is -0.311 e. The second kappa shape index (κ2) is 6.64. The third kappa shape index (κ3) is 3.77. The Morgan fingerprint density at radius 1 is 1.56 bits per heavy atom. The molecule has 0 radical (unpaired) electrons. The van der Waals surface area contributed by atoms with Crippen LogP contribution in [-0.2, 0) is 6.54 Å². The van der Waals surface area contributed by atoms with Crippen LogP contribution in [-0.4, -0.2) is 35.1 Å². The summed E-state index contributed by atoms with van der Waals surface area (Å²) in [5, 5.41) is 7.02. The fourth-order valence-electron chi connectivity index (χ4n) is 2.76. The molecule has 1 aliphatic heterocycles. The van der Waals surface area contributed by atoms with Gasteiger partial charge in [0.2, 0.25) is 0 Å². The maximum absolute atomic E-state index is 4.42. The molecular formula is C14H25N3S. The predicted molar refractivity (Wildman–Crippen MR) is 77.8 cm³/mol. The largest absolute Gasteiger partial charge is 0.311 e. The van der Waals surface area contributed by atoms with Gasteiger partial charge in [0.05, 0.1) is 6.54 Å². The molecule has 1 aromatic heterocycles. The number of hydrogen-bond donors (Lipinski definition) is 1. The van der Waals surface area contributed by atoms with Crippen LogP contribution in [0.3, 0.4) is 0 Å². The molecule has 2 unspecified atom stereocenters. The highest BCUT2D eigenvalue weighted by Gasteiger charge is 2.27. The zero-order valence-electron chi connectivity index (χ0n) is 11.7. The van der Waals surface area contributed by atoms with Gasteiger partial charge < -0.3 is 5.32 Å². The Hall–Kier alpha value is -0.450. The molecule has 1 saturated heterocycles. The lowest BCUT2D eigenvalue weighted by atomic mass is 9.99. The summed E-state index contributed by atoms with van der Waals surface area (Å²) in [6.07, 6.45) is 4.40. The van der Waals surface area contributed by atoms with Gasteiger partial charge >= 0.3 is 0 Å². The summed E-state index contributed by atoms with van der Waals surface area (Å²) in [7, 11) is 0. The molecule has 18 heavy (non-hydrogen) atoms. The smallest absolute Gasteiger partial charge is 0.107 e. The molecule has 2 heterocycles. The number of rotatable bonds is 5. The third-order valence-electron chi connectivity index (χ3n) is 3.66. The summed E-state index contributed by atoms with van der Waals surface area (Å²) in [5.74, 6) is 0.766. The first kappa shape index (κ1) is 14.0. The molecule has 0 saturated carbocycles. The summed E-state index contributed by atoms with van der Waals surface area (Å²) in [6, 6.07) is 1.31. The Morgan fingerprint density at radius 3 is 3.00 bits per heavy atom. The Bertz CT molecular complexity index is 337. The Morgan fingerprint density at radius 2 is 2.39 bits per heavy atom. The first-order valence-electron chi connectivity index (χ1n) is 7.04. The van der Waals surface area contributed by atoms with Crippen molar-refractivity contribution in [3.63, 3.8) is 0 Å². The van der Waals surface area contributed by atoms with Gasteiger partial charge in [-0.05, 0) is 18.8 Å². The second-order valence-corrected chi connectivity index (χ2v) is 6.63. The predicted octanol–water partition coefficient (Wildman–Crippen LogP) is 2.74. The topological polar surface area (TPSA) is 28.2 Å². The maximum atomic E-state index is 4.42. The molecule has 2 rings (SSSR count). The van der Waals surface area contributed by atoms with Crippen molar-refractivity contribution in [1.82, 2.24) is 15.2 Å². The summed E-state index contributed by atoms with van der Waals surface area (Å²) in [5.41, 5.74) is 0. The van der Waals surface area contributed by atoms with Crippen molar-refractivity contribution in [2.24, 2.45) is 5.92 Å². The van der Waals surface area contributed by atoms with Crippen molar-refractivity contribution >= 4 is 11.3 Å². The molecule has 2 atom stereocenters. The Balaban J connectivity index is 1.94. The zero-order chi connectivity index (χ0) is 13.0. The van der Waals surface area contributed by atoms with Gasteiger partial charge in [0, 0.05) is 36.8 Å². The van der Waals surface area contributed by atoms with E-state index in [1.165, 1.54) is 17.8 Å². The normalized spacial score (nSPS) is 25.8. The number of hydrogen-bond acceptors (Lipinski definition) is 4. The van der Waals surface area contributed by atoms with Gasteiger partial charge in [-0.1, -0.05) is 20.8 Å². The number of nitrogens with zero attached hydrogens (tertiary/aromatic N) is 2. The summed E-state index contributed by atoms with van der Waals surface area (Å²) in [4.78, 5) is 7.03. The van der Waals surface area contributed by atoms with Crippen molar-refractivity contribution in [3.05, 3.63) is 16.6 Å². The van der Waals surface area contributed by atoms with Crippen molar-refractivity contribution in [1.29, 1.82) is 0 Å². The van der Waals surface area contributed by atoms with Gasteiger partial charge in [-0.25, -0.2) is 4.98 Å². The lowest BCUT2D eigenvalue weighted by Crippen LogP contribution is -2.56. The minimum absolute atomic E-state index is 0.646. The fraction of sp³-hybridized carbons (Fsp3) is 0.786. The molecule has 1 N–H and O–H groups in total.